The number of benzene rings is 1. The Morgan fingerprint density at radius 3 is 2.35 bits per heavy atom. The van der Waals surface area contributed by atoms with Crippen LogP contribution in [0.5, 0.6) is 0 Å². The number of urea groups is 1. The maximum absolute atomic E-state index is 13.5. The Hall–Kier alpha value is -3.05. The molecule has 2 aromatic heterocycles. The van der Waals surface area contributed by atoms with Crippen LogP contribution in [0.25, 0.3) is 11.4 Å². The number of carbonyl (C=O) groups excluding carboxylic acids is 1. The van der Waals surface area contributed by atoms with Crippen molar-refractivity contribution in [1.82, 2.24) is 20.3 Å². The lowest BCUT2D eigenvalue weighted by Gasteiger charge is -2.16. The smallest absolute Gasteiger partial charge is 0.318 e. The van der Waals surface area contributed by atoms with Gasteiger partial charge in [-0.3, -0.25) is 0 Å². The van der Waals surface area contributed by atoms with E-state index < -0.39 is 14.6 Å². The van der Waals surface area contributed by atoms with Crippen molar-refractivity contribution in [3.63, 3.8) is 0 Å². The molecule has 0 saturated heterocycles. The summed E-state index contributed by atoms with van der Waals surface area (Å²) in [6, 6.07) is 8.13. The summed E-state index contributed by atoms with van der Waals surface area (Å²) in [5, 5.41) is 5.86. The maximum Gasteiger partial charge on any atom is 0.318 e. The van der Waals surface area contributed by atoms with Gasteiger partial charge in [0, 0.05) is 24.4 Å². The zero-order valence-electron chi connectivity index (χ0n) is 17.3. The van der Waals surface area contributed by atoms with Crippen molar-refractivity contribution >= 4 is 38.7 Å². The van der Waals surface area contributed by atoms with Crippen LogP contribution in [0.3, 0.4) is 0 Å². The van der Waals surface area contributed by atoms with E-state index in [1.165, 1.54) is 18.4 Å². The predicted molar refractivity (Wildman–Crippen MR) is 120 cm³/mol. The third kappa shape index (κ3) is 3.74. The molecule has 11 heteroatoms. The minimum atomic E-state index is -3.67. The number of hydrogen-bond acceptors (Lipinski definition) is 8. The SMILES string of the molecule is CNC(=O)Nc1ccc(-c2nc(N)cc(C3(S(=O)(=O)c4sc(C)nc4C)CC3)n2)cc1. The van der Waals surface area contributed by atoms with Crippen molar-refractivity contribution < 1.29 is 13.2 Å². The molecule has 1 aromatic carbocycles. The van der Waals surface area contributed by atoms with Gasteiger partial charge in [0.05, 0.1) is 16.4 Å². The molecule has 0 atom stereocenters. The van der Waals surface area contributed by atoms with Gasteiger partial charge in [-0.2, -0.15) is 0 Å². The summed E-state index contributed by atoms with van der Waals surface area (Å²) in [6.45, 7) is 3.50. The molecule has 1 aliphatic carbocycles. The molecule has 31 heavy (non-hydrogen) atoms. The third-order valence-corrected chi connectivity index (χ3v) is 9.37. The number of sulfone groups is 1. The Morgan fingerprint density at radius 1 is 1.13 bits per heavy atom. The lowest BCUT2D eigenvalue weighted by molar-refractivity contribution is 0.254. The summed E-state index contributed by atoms with van der Waals surface area (Å²) in [5.74, 6) is 0.534. The van der Waals surface area contributed by atoms with E-state index in [1.807, 2.05) is 0 Å². The van der Waals surface area contributed by atoms with E-state index in [-0.39, 0.29) is 16.1 Å². The number of amides is 2. The van der Waals surface area contributed by atoms with Crippen LogP contribution in [0.4, 0.5) is 16.3 Å². The molecule has 4 N–H and O–H groups in total. The Kier molecular flexibility index (Phi) is 5.18. The summed E-state index contributed by atoms with van der Waals surface area (Å²) < 4.78 is 26.2. The summed E-state index contributed by atoms with van der Waals surface area (Å²) in [4.78, 5) is 24.6. The normalized spacial score (nSPS) is 14.8. The molecule has 4 rings (SSSR count). The van der Waals surface area contributed by atoms with Gasteiger partial charge < -0.3 is 16.4 Å². The van der Waals surface area contributed by atoms with Gasteiger partial charge in [-0.1, -0.05) is 0 Å². The molecule has 1 aliphatic rings. The Morgan fingerprint density at radius 2 is 1.81 bits per heavy atom. The van der Waals surface area contributed by atoms with Gasteiger partial charge in [0.15, 0.2) is 5.82 Å². The molecule has 0 spiro atoms. The van der Waals surface area contributed by atoms with Crippen LogP contribution in [0.15, 0.2) is 34.5 Å². The third-order valence-electron chi connectivity index (χ3n) is 5.16. The van der Waals surface area contributed by atoms with Crippen LogP contribution in [-0.4, -0.2) is 36.4 Å². The second-order valence-electron chi connectivity index (χ2n) is 7.39. The fourth-order valence-corrected chi connectivity index (χ4v) is 7.17. The number of thiazole rings is 1. The zero-order valence-corrected chi connectivity index (χ0v) is 18.9. The lowest BCUT2D eigenvalue weighted by atomic mass is 10.1. The van der Waals surface area contributed by atoms with E-state index in [2.05, 4.69) is 25.6 Å². The van der Waals surface area contributed by atoms with Crippen LogP contribution in [0, 0.1) is 13.8 Å². The molecule has 0 aliphatic heterocycles. The number of aryl methyl sites for hydroxylation is 2. The van der Waals surface area contributed by atoms with Crippen molar-refractivity contribution in [3.05, 3.63) is 46.7 Å². The van der Waals surface area contributed by atoms with Crippen molar-refractivity contribution in [3.8, 4) is 11.4 Å². The van der Waals surface area contributed by atoms with Crippen LogP contribution in [0.2, 0.25) is 0 Å². The van der Waals surface area contributed by atoms with E-state index in [9.17, 15) is 13.2 Å². The topological polar surface area (TPSA) is 140 Å². The fourth-order valence-electron chi connectivity index (χ4n) is 3.44. The molecule has 0 radical (unpaired) electrons. The first-order valence-electron chi connectivity index (χ1n) is 9.59. The summed E-state index contributed by atoms with van der Waals surface area (Å²) in [5.41, 5.74) is 8.20. The molecular weight excluding hydrogens is 436 g/mol. The number of carbonyl (C=O) groups is 1. The molecular formula is C20H22N6O3S2. The number of anilines is 2. The first-order chi connectivity index (χ1) is 14.7. The Labute approximate surface area is 184 Å². The van der Waals surface area contributed by atoms with Crippen molar-refractivity contribution in [1.29, 1.82) is 0 Å². The summed E-state index contributed by atoms with van der Waals surface area (Å²) in [7, 11) is -2.14. The van der Waals surface area contributed by atoms with Crippen LogP contribution < -0.4 is 16.4 Å². The minimum Gasteiger partial charge on any atom is -0.384 e. The average Bonchev–Trinajstić information content (AvgIpc) is 3.48. The van der Waals surface area contributed by atoms with Crippen molar-refractivity contribution in [2.24, 2.45) is 0 Å². The molecule has 3 aromatic rings. The second kappa shape index (κ2) is 7.57. The number of rotatable bonds is 5. The maximum atomic E-state index is 13.5. The number of hydrogen-bond donors (Lipinski definition) is 3. The standard InChI is InChI=1S/C20H22N6O3S2/c1-11-18(30-12(2)23-11)31(28,29)20(8-9-20)15-10-16(21)26-17(25-15)13-4-6-14(7-5-13)24-19(27)22-3/h4-7,10H,8-9H2,1-3H3,(H2,21,25,26)(H2,22,24,27). The van der Waals surface area contributed by atoms with Gasteiger partial charge in [0.25, 0.3) is 0 Å². The molecule has 0 bridgehead atoms. The highest BCUT2D eigenvalue weighted by Gasteiger charge is 2.59. The van der Waals surface area contributed by atoms with Gasteiger partial charge in [0.1, 0.15) is 14.8 Å². The van der Waals surface area contributed by atoms with Gasteiger partial charge in [0.2, 0.25) is 9.84 Å². The van der Waals surface area contributed by atoms with E-state index in [4.69, 9.17) is 5.73 Å². The van der Waals surface area contributed by atoms with Gasteiger partial charge in [-0.05, 0) is 51.0 Å². The predicted octanol–water partition coefficient (Wildman–Crippen LogP) is 3.01. The van der Waals surface area contributed by atoms with E-state index in [0.717, 1.165) is 0 Å². The monoisotopic (exact) mass is 458 g/mol. The first kappa shape index (κ1) is 21.2. The summed E-state index contributed by atoms with van der Waals surface area (Å²) >= 11 is 1.18. The van der Waals surface area contributed by atoms with Gasteiger partial charge >= 0.3 is 6.03 Å². The molecule has 162 valence electrons. The zero-order chi connectivity index (χ0) is 22.4. The van der Waals surface area contributed by atoms with Gasteiger partial charge in [-0.25, -0.2) is 28.2 Å². The molecule has 9 nitrogen and oxygen atoms in total. The molecule has 1 saturated carbocycles. The Balaban J connectivity index is 1.72. The van der Waals surface area contributed by atoms with E-state index in [1.54, 1.807) is 44.2 Å². The van der Waals surface area contributed by atoms with Crippen LogP contribution in [0.1, 0.15) is 29.2 Å². The number of nitrogen functional groups attached to an aromatic ring is 1. The number of nitrogens with two attached hydrogens (primary N) is 1. The van der Waals surface area contributed by atoms with Crippen LogP contribution >= 0.6 is 11.3 Å². The van der Waals surface area contributed by atoms with Crippen molar-refractivity contribution in [2.75, 3.05) is 18.1 Å². The second-order valence-corrected chi connectivity index (χ2v) is 11.0. The Bertz CT molecular complexity index is 1260. The highest BCUT2D eigenvalue weighted by atomic mass is 32.2. The lowest BCUT2D eigenvalue weighted by Crippen LogP contribution is -2.24. The largest absolute Gasteiger partial charge is 0.384 e. The van der Waals surface area contributed by atoms with E-state index >= 15 is 0 Å². The molecule has 0 unspecified atom stereocenters. The van der Waals surface area contributed by atoms with Crippen molar-refractivity contribution in [2.45, 2.75) is 35.6 Å². The number of nitrogens with one attached hydrogen (secondary N) is 2. The highest BCUT2D eigenvalue weighted by Crippen LogP contribution is 2.56. The quantitative estimate of drug-likeness (QED) is 0.534. The molecule has 2 heterocycles. The minimum absolute atomic E-state index is 0.200. The number of aromatic nitrogens is 3. The number of nitrogens with zero attached hydrogens (tertiary/aromatic N) is 3. The average molecular weight is 459 g/mol. The highest BCUT2D eigenvalue weighted by molar-refractivity contribution is 7.94. The first-order valence-corrected chi connectivity index (χ1v) is 11.9. The molecule has 1 fully saturated rings. The summed E-state index contributed by atoms with van der Waals surface area (Å²) in [6.07, 6.45) is 0.938. The van der Waals surface area contributed by atoms with Gasteiger partial charge in [-0.15, -0.1) is 11.3 Å². The molecule has 2 amide bonds. The van der Waals surface area contributed by atoms with E-state index in [0.29, 0.717) is 46.3 Å². The van der Waals surface area contributed by atoms with Crippen LogP contribution in [-0.2, 0) is 14.6 Å². The fraction of sp³-hybridized carbons (Fsp3) is 0.300.